The van der Waals surface area contributed by atoms with Crippen LogP contribution < -0.4 is 0 Å². The Hall–Kier alpha value is -4.68. The first-order valence-corrected chi connectivity index (χ1v) is 13.7. The Balaban J connectivity index is 1.39. The molecule has 6 aromatic rings. The van der Waals surface area contributed by atoms with E-state index in [-0.39, 0.29) is 5.41 Å². The fourth-order valence-electron chi connectivity index (χ4n) is 6.39. The van der Waals surface area contributed by atoms with Crippen molar-refractivity contribution in [2.45, 2.75) is 19.3 Å². The van der Waals surface area contributed by atoms with Crippen molar-refractivity contribution in [3.05, 3.63) is 157 Å². The lowest BCUT2D eigenvalue weighted by Gasteiger charge is -2.21. The van der Waals surface area contributed by atoms with Gasteiger partial charge in [-0.2, -0.15) is 0 Å². The molecular weight excluding hydrogens is 468 g/mol. The molecule has 0 unspecified atom stereocenters. The Morgan fingerprint density at radius 2 is 0.718 bits per heavy atom. The fraction of sp³-hybridized carbons (Fsp3) is 0.0769. The molecule has 0 fully saturated rings. The minimum absolute atomic E-state index is 0.00108. The van der Waals surface area contributed by atoms with Gasteiger partial charge in [-0.05, 0) is 66.8 Å². The molecule has 0 saturated heterocycles. The van der Waals surface area contributed by atoms with Gasteiger partial charge in [0.1, 0.15) is 0 Å². The molecule has 0 bridgehead atoms. The summed E-state index contributed by atoms with van der Waals surface area (Å²) in [5, 5.41) is 0. The summed E-state index contributed by atoms with van der Waals surface area (Å²) in [5.74, 6) is 0. The smallest absolute Gasteiger partial charge is 0.0159 e. The molecule has 0 radical (unpaired) electrons. The first-order valence-electron chi connectivity index (χ1n) is 13.7. The molecule has 0 N–H and O–H groups in total. The second kappa shape index (κ2) is 9.26. The molecule has 186 valence electrons. The lowest BCUT2D eigenvalue weighted by molar-refractivity contribution is 0.660. The van der Waals surface area contributed by atoms with E-state index >= 15 is 0 Å². The number of benzene rings is 6. The second-order valence-corrected chi connectivity index (χ2v) is 10.9. The lowest BCUT2D eigenvalue weighted by Crippen LogP contribution is -2.14. The Morgan fingerprint density at radius 3 is 1.33 bits per heavy atom. The van der Waals surface area contributed by atoms with E-state index in [4.69, 9.17) is 0 Å². The average molecular weight is 499 g/mol. The number of rotatable bonds is 4. The largest absolute Gasteiger partial charge is 0.0622 e. The highest BCUT2D eigenvalue weighted by Crippen LogP contribution is 2.52. The third-order valence-corrected chi connectivity index (χ3v) is 8.33. The van der Waals surface area contributed by atoms with Gasteiger partial charge in [-0.15, -0.1) is 0 Å². The van der Waals surface area contributed by atoms with Crippen molar-refractivity contribution in [1.82, 2.24) is 0 Å². The Bertz CT molecular complexity index is 1730. The van der Waals surface area contributed by atoms with Gasteiger partial charge in [0, 0.05) is 5.41 Å². The van der Waals surface area contributed by atoms with Crippen molar-refractivity contribution in [2.75, 3.05) is 0 Å². The van der Waals surface area contributed by atoms with Gasteiger partial charge in [-0.1, -0.05) is 159 Å². The van der Waals surface area contributed by atoms with Crippen LogP contribution >= 0.6 is 0 Å². The minimum atomic E-state index is 0.00108. The van der Waals surface area contributed by atoms with Crippen LogP contribution in [0.2, 0.25) is 0 Å². The number of fused-ring (bicyclic) bond motifs is 3. The number of hydrogen-bond donors (Lipinski definition) is 0. The lowest BCUT2D eigenvalue weighted by atomic mass is 9.82. The van der Waals surface area contributed by atoms with Crippen molar-refractivity contribution >= 4 is 0 Å². The summed E-state index contributed by atoms with van der Waals surface area (Å²) < 4.78 is 0. The highest BCUT2D eigenvalue weighted by Gasteiger charge is 2.36. The van der Waals surface area contributed by atoms with E-state index in [1.54, 1.807) is 0 Å². The zero-order valence-electron chi connectivity index (χ0n) is 22.4. The third kappa shape index (κ3) is 3.83. The van der Waals surface area contributed by atoms with Gasteiger partial charge in [-0.3, -0.25) is 0 Å². The molecule has 0 nitrogen and oxygen atoms in total. The van der Waals surface area contributed by atoms with Crippen molar-refractivity contribution in [3.63, 3.8) is 0 Å². The van der Waals surface area contributed by atoms with Crippen molar-refractivity contribution in [2.24, 2.45) is 0 Å². The quantitative estimate of drug-likeness (QED) is 0.227. The van der Waals surface area contributed by atoms with Crippen LogP contribution in [0.5, 0.6) is 0 Å². The van der Waals surface area contributed by atoms with Gasteiger partial charge in [0.2, 0.25) is 0 Å². The molecule has 0 heteroatoms. The summed E-state index contributed by atoms with van der Waals surface area (Å²) in [6.07, 6.45) is 0. The molecule has 0 spiro atoms. The van der Waals surface area contributed by atoms with Crippen LogP contribution in [0.3, 0.4) is 0 Å². The molecule has 0 aromatic heterocycles. The molecule has 0 saturated carbocycles. The van der Waals surface area contributed by atoms with Gasteiger partial charge >= 0.3 is 0 Å². The Kier molecular flexibility index (Phi) is 5.56. The normalized spacial score (nSPS) is 13.1. The van der Waals surface area contributed by atoms with Crippen LogP contribution in [0.15, 0.2) is 146 Å². The molecule has 0 atom stereocenters. The van der Waals surface area contributed by atoms with Gasteiger partial charge < -0.3 is 0 Å². The van der Waals surface area contributed by atoms with E-state index in [2.05, 4.69) is 159 Å². The monoisotopic (exact) mass is 498 g/mol. The molecule has 0 heterocycles. The standard InChI is InChI=1S/C39H30/c1-39(2)35-21-10-9-17-34(35)38-33(20-12-22-36(38)39)29-23-25-30(26-24-29)37-31(27-13-5-3-6-14-27)18-11-19-32(37)28-15-7-4-8-16-28/h3-26H,1-2H3. The predicted octanol–water partition coefficient (Wildman–Crippen LogP) is 10.7. The van der Waals surface area contributed by atoms with Crippen LogP contribution in [0.1, 0.15) is 25.0 Å². The van der Waals surface area contributed by atoms with E-state index in [1.165, 1.54) is 66.8 Å². The third-order valence-electron chi connectivity index (χ3n) is 8.33. The summed E-state index contributed by atoms with van der Waals surface area (Å²) in [7, 11) is 0. The predicted molar refractivity (Wildman–Crippen MR) is 166 cm³/mol. The molecule has 1 aliphatic rings. The Labute approximate surface area is 231 Å². The second-order valence-electron chi connectivity index (χ2n) is 10.9. The van der Waals surface area contributed by atoms with Crippen molar-refractivity contribution in [3.8, 4) is 55.6 Å². The summed E-state index contributed by atoms with van der Waals surface area (Å²) in [5.41, 5.74) is 15.6. The van der Waals surface area contributed by atoms with Crippen LogP contribution in [0.25, 0.3) is 55.6 Å². The first kappa shape index (κ1) is 23.4. The first-order chi connectivity index (χ1) is 19.1. The fourth-order valence-corrected chi connectivity index (χ4v) is 6.39. The summed E-state index contributed by atoms with van der Waals surface area (Å²) in [6.45, 7) is 4.69. The van der Waals surface area contributed by atoms with Crippen LogP contribution in [-0.4, -0.2) is 0 Å². The zero-order valence-corrected chi connectivity index (χ0v) is 22.4. The van der Waals surface area contributed by atoms with Gasteiger partial charge in [-0.25, -0.2) is 0 Å². The van der Waals surface area contributed by atoms with E-state index in [0.717, 1.165) is 0 Å². The maximum atomic E-state index is 2.34. The van der Waals surface area contributed by atoms with Gasteiger partial charge in [0.05, 0.1) is 0 Å². The SMILES string of the molecule is CC1(C)c2ccccc2-c2c(-c3ccc(-c4c(-c5ccccc5)cccc4-c4ccccc4)cc3)cccc21. The molecule has 0 aliphatic heterocycles. The highest BCUT2D eigenvalue weighted by molar-refractivity contribution is 5.96. The highest BCUT2D eigenvalue weighted by atomic mass is 14.4. The Morgan fingerprint density at radius 1 is 0.308 bits per heavy atom. The number of hydrogen-bond acceptors (Lipinski definition) is 0. The van der Waals surface area contributed by atoms with E-state index in [9.17, 15) is 0 Å². The molecule has 0 amide bonds. The molecule has 7 rings (SSSR count). The zero-order chi connectivity index (χ0) is 26.4. The summed E-state index contributed by atoms with van der Waals surface area (Å²) in [4.78, 5) is 0. The average Bonchev–Trinajstić information content (AvgIpc) is 3.24. The summed E-state index contributed by atoms with van der Waals surface area (Å²) >= 11 is 0. The molecule has 39 heavy (non-hydrogen) atoms. The van der Waals surface area contributed by atoms with Crippen molar-refractivity contribution < 1.29 is 0 Å². The van der Waals surface area contributed by atoms with Gasteiger partial charge in [0.15, 0.2) is 0 Å². The maximum Gasteiger partial charge on any atom is 0.0159 e. The van der Waals surface area contributed by atoms with Crippen molar-refractivity contribution in [1.29, 1.82) is 0 Å². The van der Waals surface area contributed by atoms with Crippen LogP contribution in [-0.2, 0) is 5.41 Å². The van der Waals surface area contributed by atoms with Crippen LogP contribution in [0, 0.1) is 0 Å². The van der Waals surface area contributed by atoms with E-state index in [0.29, 0.717) is 0 Å². The topological polar surface area (TPSA) is 0 Å². The summed E-state index contributed by atoms with van der Waals surface area (Å²) in [6, 6.07) is 53.0. The van der Waals surface area contributed by atoms with E-state index < -0.39 is 0 Å². The van der Waals surface area contributed by atoms with E-state index in [1.807, 2.05) is 0 Å². The van der Waals surface area contributed by atoms with Gasteiger partial charge in [0.25, 0.3) is 0 Å². The maximum absolute atomic E-state index is 2.34. The molecular formula is C39H30. The molecule has 6 aromatic carbocycles. The van der Waals surface area contributed by atoms with Crippen LogP contribution in [0.4, 0.5) is 0 Å². The molecule has 1 aliphatic carbocycles. The minimum Gasteiger partial charge on any atom is -0.0622 e.